The van der Waals surface area contributed by atoms with Gasteiger partial charge in [0.15, 0.2) is 0 Å². The first-order valence-electron chi connectivity index (χ1n) is 6.20. The third-order valence-electron chi connectivity index (χ3n) is 3.18. The van der Waals surface area contributed by atoms with Crippen LogP contribution in [0.5, 0.6) is 0 Å². The lowest BCUT2D eigenvalue weighted by Gasteiger charge is -2.18. The standard InChI is InChI=1S/C13H21N3/c1-11(8-13-5-3-7-15-13)16-10-12-4-2-6-14-9-12/h2,4,6,9,11,13,15-16H,3,5,7-8,10H2,1H3. The van der Waals surface area contributed by atoms with Crippen LogP contribution in [0.15, 0.2) is 24.5 Å². The molecular formula is C13H21N3. The Labute approximate surface area is 97.7 Å². The highest BCUT2D eigenvalue weighted by molar-refractivity contribution is 5.07. The van der Waals surface area contributed by atoms with Gasteiger partial charge in [0.1, 0.15) is 0 Å². The van der Waals surface area contributed by atoms with Crippen molar-refractivity contribution in [1.82, 2.24) is 15.6 Å². The lowest BCUT2D eigenvalue weighted by atomic mass is 10.1. The van der Waals surface area contributed by atoms with E-state index in [-0.39, 0.29) is 0 Å². The first-order valence-corrected chi connectivity index (χ1v) is 6.20. The van der Waals surface area contributed by atoms with Gasteiger partial charge in [0.05, 0.1) is 0 Å². The highest BCUT2D eigenvalue weighted by atomic mass is 15.0. The lowest BCUT2D eigenvalue weighted by molar-refractivity contribution is 0.439. The van der Waals surface area contributed by atoms with Crippen molar-refractivity contribution >= 4 is 0 Å². The summed E-state index contributed by atoms with van der Waals surface area (Å²) in [5, 5.41) is 7.08. The van der Waals surface area contributed by atoms with Crippen LogP contribution in [0, 0.1) is 0 Å². The molecule has 0 saturated carbocycles. The van der Waals surface area contributed by atoms with E-state index in [1.165, 1.54) is 31.4 Å². The van der Waals surface area contributed by atoms with Gasteiger partial charge in [-0.3, -0.25) is 4.98 Å². The second kappa shape index (κ2) is 5.97. The monoisotopic (exact) mass is 219 g/mol. The fraction of sp³-hybridized carbons (Fsp3) is 0.615. The van der Waals surface area contributed by atoms with Crippen molar-refractivity contribution in [3.05, 3.63) is 30.1 Å². The van der Waals surface area contributed by atoms with Crippen LogP contribution in [0.4, 0.5) is 0 Å². The summed E-state index contributed by atoms with van der Waals surface area (Å²) in [6.45, 7) is 4.37. The van der Waals surface area contributed by atoms with E-state index in [4.69, 9.17) is 0 Å². The van der Waals surface area contributed by atoms with Crippen LogP contribution in [-0.2, 0) is 6.54 Å². The first kappa shape index (κ1) is 11.6. The van der Waals surface area contributed by atoms with Crippen LogP contribution in [0.25, 0.3) is 0 Å². The number of hydrogen-bond acceptors (Lipinski definition) is 3. The molecule has 2 atom stereocenters. The van der Waals surface area contributed by atoms with Crippen molar-refractivity contribution in [2.45, 2.75) is 44.8 Å². The number of nitrogens with zero attached hydrogens (tertiary/aromatic N) is 1. The Kier molecular flexibility index (Phi) is 4.31. The average Bonchev–Trinajstić information content (AvgIpc) is 2.81. The van der Waals surface area contributed by atoms with Crippen LogP contribution in [-0.4, -0.2) is 23.6 Å². The van der Waals surface area contributed by atoms with Gasteiger partial charge in [0, 0.05) is 31.0 Å². The van der Waals surface area contributed by atoms with E-state index in [1.54, 1.807) is 0 Å². The van der Waals surface area contributed by atoms with Crippen LogP contribution >= 0.6 is 0 Å². The van der Waals surface area contributed by atoms with Crippen LogP contribution in [0.3, 0.4) is 0 Å². The minimum atomic E-state index is 0.566. The van der Waals surface area contributed by atoms with Crippen molar-refractivity contribution in [2.75, 3.05) is 6.54 Å². The lowest BCUT2D eigenvalue weighted by Crippen LogP contribution is -2.33. The zero-order chi connectivity index (χ0) is 11.2. The van der Waals surface area contributed by atoms with Crippen molar-refractivity contribution < 1.29 is 0 Å². The van der Waals surface area contributed by atoms with E-state index >= 15 is 0 Å². The molecule has 3 heteroatoms. The maximum Gasteiger partial charge on any atom is 0.0312 e. The van der Waals surface area contributed by atoms with E-state index in [2.05, 4.69) is 28.6 Å². The molecule has 1 aliphatic heterocycles. The van der Waals surface area contributed by atoms with Crippen molar-refractivity contribution in [3.8, 4) is 0 Å². The summed E-state index contributed by atoms with van der Waals surface area (Å²) in [4.78, 5) is 4.11. The molecule has 2 N–H and O–H groups in total. The zero-order valence-electron chi connectivity index (χ0n) is 9.95. The second-order valence-electron chi connectivity index (χ2n) is 4.67. The SMILES string of the molecule is CC(CC1CCCN1)NCc1cccnc1. The molecule has 1 fully saturated rings. The molecule has 16 heavy (non-hydrogen) atoms. The zero-order valence-corrected chi connectivity index (χ0v) is 9.95. The van der Waals surface area contributed by atoms with Gasteiger partial charge in [0.25, 0.3) is 0 Å². The minimum Gasteiger partial charge on any atom is -0.314 e. The molecule has 0 spiro atoms. The maximum absolute atomic E-state index is 4.11. The summed E-state index contributed by atoms with van der Waals surface area (Å²) in [7, 11) is 0. The van der Waals surface area contributed by atoms with Gasteiger partial charge in [-0.2, -0.15) is 0 Å². The molecule has 0 radical (unpaired) electrons. The fourth-order valence-corrected chi connectivity index (χ4v) is 2.26. The Bertz CT molecular complexity index is 293. The van der Waals surface area contributed by atoms with Gasteiger partial charge < -0.3 is 10.6 Å². The Balaban J connectivity index is 1.69. The smallest absolute Gasteiger partial charge is 0.0312 e. The molecule has 1 aromatic heterocycles. The van der Waals surface area contributed by atoms with Crippen molar-refractivity contribution in [3.63, 3.8) is 0 Å². The van der Waals surface area contributed by atoms with Gasteiger partial charge in [-0.25, -0.2) is 0 Å². The first-order chi connectivity index (χ1) is 7.84. The number of aromatic nitrogens is 1. The molecule has 88 valence electrons. The molecule has 2 unspecified atom stereocenters. The van der Waals surface area contributed by atoms with Crippen molar-refractivity contribution in [2.24, 2.45) is 0 Å². The number of rotatable bonds is 5. The van der Waals surface area contributed by atoms with Gasteiger partial charge >= 0.3 is 0 Å². The third-order valence-corrected chi connectivity index (χ3v) is 3.18. The summed E-state index contributed by atoms with van der Waals surface area (Å²) in [6.07, 6.45) is 7.63. The minimum absolute atomic E-state index is 0.566. The summed E-state index contributed by atoms with van der Waals surface area (Å²) in [6, 6.07) is 5.38. The Morgan fingerprint density at radius 2 is 2.56 bits per heavy atom. The van der Waals surface area contributed by atoms with E-state index in [9.17, 15) is 0 Å². The normalized spacial score (nSPS) is 22.2. The van der Waals surface area contributed by atoms with Crippen molar-refractivity contribution in [1.29, 1.82) is 0 Å². The van der Waals surface area contributed by atoms with E-state index in [0.717, 1.165) is 12.6 Å². The Morgan fingerprint density at radius 3 is 3.25 bits per heavy atom. The molecule has 1 aromatic rings. The van der Waals surface area contributed by atoms with Gasteiger partial charge in [-0.1, -0.05) is 6.07 Å². The molecule has 0 amide bonds. The van der Waals surface area contributed by atoms with E-state index in [0.29, 0.717) is 6.04 Å². The maximum atomic E-state index is 4.11. The van der Waals surface area contributed by atoms with E-state index < -0.39 is 0 Å². The summed E-state index contributed by atoms with van der Waals surface area (Å²) < 4.78 is 0. The van der Waals surface area contributed by atoms with Gasteiger partial charge in [-0.05, 0) is 44.4 Å². The number of nitrogens with one attached hydrogen (secondary N) is 2. The molecule has 0 bridgehead atoms. The Morgan fingerprint density at radius 1 is 1.62 bits per heavy atom. The average molecular weight is 219 g/mol. The summed E-state index contributed by atoms with van der Waals surface area (Å²) >= 11 is 0. The molecule has 0 aliphatic carbocycles. The molecule has 2 heterocycles. The Hall–Kier alpha value is -0.930. The quantitative estimate of drug-likeness (QED) is 0.791. The van der Waals surface area contributed by atoms with Crippen LogP contribution in [0.1, 0.15) is 31.7 Å². The fourth-order valence-electron chi connectivity index (χ4n) is 2.26. The van der Waals surface area contributed by atoms with Crippen LogP contribution < -0.4 is 10.6 Å². The topological polar surface area (TPSA) is 37.0 Å². The number of hydrogen-bond donors (Lipinski definition) is 2. The van der Waals surface area contributed by atoms with Crippen LogP contribution in [0.2, 0.25) is 0 Å². The molecule has 3 nitrogen and oxygen atoms in total. The largest absolute Gasteiger partial charge is 0.314 e. The highest BCUT2D eigenvalue weighted by Crippen LogP contribution is 2.11. The number of pyridine rings is 1. The molecule has 2 rings (SSSR count). The summed E-state index contributed by atoms with van der Waals surface area (Å²) in [5.74, 6) is 0. The molecular weight excluding hydrogens is 198 g/mol. The predicted octanol–water partition coefficient (Wildman–Crippen LogP) is 1.70. The highest BCUT2D eigenvalue weighted by Gasteiger charge is 2.16. The molecule has 1 saturated heterocycles. The third kappa shape index (κ3) is 3.58. The molecule has 0 aromatic carbocycles. The predicted molar refractivity (Wildman–Crippen MR) is 66.2 cm³/mol. The van der Waals surface area contributed by atoms with Gasteiger partial charge in [-0.15, -0.1) is 0 Å². The second-order valence-corrected chi connectivity index (χ2v) is 4.67. The summed E-state index contributed by atoms with van der Waals surface area (Å²) in [5.41, 5.74) is 1.26. The van der Waals surface area contributed by atoms with Gasteiger partial charge in [0.2, 0.25) is 0 Å². The van der Waals surface area contributed by atoms with E-state index in [1.807, 2.05) is 18.5 Å². The molecule has 1 aliphatic rings.